The molecule has 0 radical (unpaired) electrons. The SMILES string of the molecule is Cc1cccc(N2CCN(C(=O)CCNCc3ccccc3Cl)CC2)c1C. The number of carbonyl (C=O) groups excluding carboxylic acids is 1. The molecule has 2 aromatic rings. The van der Waals surface area contributed by atoms with Crippen molar-refractivity contribution in [3.05, 3.63) is 64.2 Å². The van der Waals surface area contributed by atoms with Crippen LogP contribution in [0.25, 0.3) is 0 Å². The Morgan fingerprint density at radius 3 is 2.52 bits per heavy atom. The Kier molecular flexibility index (Phi) is 6.75. The van der Waals surface area contributed by atoms with Gasteiger partial charge in [-0.2, -0.15) is 0 Å². The van der Waals surface area contributed by atoms with Crippen LogP contribution in [0.1, 0.15) is 23.1 Å². The van der Waals surface area contributed by atoms with Gasteiger partial charge in [0.15, 0.2) is 0 Å². The molecule has 0 atom stereocenters. The van der Waals surface area contributed by atoms with Gasteiger partial charge in [-0.1, -0.05) is 41.9 Å². The molecule has 0 unspecified atom stereocenters. The lowest BCUT2D eigenvalue weighted by atomic mass is 10.1. The normalized spacial score (nSPS) is 14.5. The Hall–Kier alpha value is -2.04. The van der Waals surface area contributed by atoms with Crippen molar-refractivity contribution in [3.8, 4) is 0 Å². The molecule has 0 aliphatic carbocycles. The van der Waals surface area contributed by atoms with Crippen LogP contribution in [0, 0.1) is 13.8 Å². The summed E-state index contributed by atoms with van der Waals surface area (Å²) in [7, 11) is 0. The highest BCUT2D eigenvalue weighted by atomic mass is 35.5. The molecule has 27 heavy (non-hydrogen) atoms. The number of piperazine rings is 1. The van der Waals surface area contributed by atoms with E-state index in [1.54, 1.807) is 0 Å². The van der Waals surface area contributed by atoms with Crippen molar-refractivity contribution in [1.29, 1.82) is 0 Å². The lowest BCUT2D eigenvalue weighted by Gasteiger charge is -2.37. The van der Waals surface area contributed by atoms with Gasteiger partial charge in [-0.3, -0.25) is 4.79 Å². The van der Waals surface area contributed by atoms with E-state index in [4.69, 9.17) is 11.6 Å². The smallest absolute Gasteiger partial charge is 0.223 e. The Bertz CT molecular complexity index is 785. The summed E-state index contributed by atoms with van der Waals surface area (Å²) in [5, 5.41) is 4.08. The third-order valence-corrected chi connectivity index (χ3v) is 5.71. The summed E-state index contributed by atoms with van der Waals surface area (Å²) in [6.07, 6.45) is 0.522. The molecule has 1 amide bonds. The van der Waals surface area contributed by atoms with Crippen LogP contribution in [0.3, 0.4) is 0 Å². The molecular formula is C22H28ClN3O. The fourth-order valence-corrected chi connectivity index (χ4v) is 3.70. The van der Waals surface area contributed by atoms with Crippen LogP contribution in [0.15, 0.2) is 42.5 Å². The van der Waals surface area contributed by atoms with E-state index < -0.39 is 0 Å². The molecule has 0 spiro atoms. The van der Waals surface area contributed by atoms with E-state index in [0.717, 1.165) is 36.8 Å². The number of benzene rings is 2. The molecule has 1 fully saturated rings. The van der Waals surface area contributed by atoms with Crippen LogP contribution >= 0.6 is 11.6 Å². The number of amides is 1. The second kappa shape index (κ2) is 9.25. The highest BCUT2D eigenvalue weighted by Gasteiger charge is 2.21. The third-order valence-electron chi connectivity index (χ3n) is 5.34. The summed E-state index contributed by atoms with van der Waals surface area (Å²) in [4.78, 5) is 16.9. The van der Waals surface area contributed by atoms with E-state index in [9.17, 15) is 4.79 Å². The van der Waals surface area contributed by atoms with Crippen LogP contribution in [-0.4, -0.2) is 43.5 Å². The standard InChI is InChI=1S/C22H28ClN3O/c1-17-6-5-9-21(18(17)2)25-12-14-26(15-13-25)22(27)10-11-24-16-19-7-3-4-8-20(19)23/h3-9,24H,10-16H2,1-2H3. The van der Waals surface area contributed by atoms with Crippen molar-refractivity contribution < 1.29 is 4.79 Å². The molecule has 0 saturated carbocycles. The Morgan fingerprint density at radius 1 is 1.04 bits per heavy atom. The number of anilines is 1. The molecule has 144 valence electrons. The van der Waals surface area contributed by atoms with Gasteiger partial charge in [0.1, 0.15) is 0 Å². The zero-order valence-corrected chi connectivity index (χ0v) is 16.9. The van der Waals surface area contributed by atoms with Crippen molar-refractivity contribution in [2.24, 2.45) is 0 Å². The van der Waals surface area contributed by atoms with Crippen molar-refractivity contribution in [2.75, 3.05) is 37.6 Å². The first-order chi connectivity index (χ1) is 13.1. The summed E-state index contributed by atoms with van der Waals surface area (Å²) in [5.74, 6) is 0.224. The number of halogens is 1. The fraction of sp³-hybridized carbons (Fsp3) is 0.409. The minimum atomic E-state index is 0.224. The number of carbonyl (C=O) groups is 1. The largest absolute Gasteiger partial charge is 0.368 e. The van der Waals surface area contributed by atoms with E-state index in [2.05, 4.69) is 42.3 Å². The van der Waals surface area contributed by atoms with Crippen molar-refractivity contribution >= 4 is 23.2 Å². The molecule has 1 aliphatic rings. The Labute approximate surface area is 167 Å². The lowest BCUT2D eigenvalue weighted by molar-refractivity contribution is -0.131. The number of rotatable bonds is 6. The summed E-state index contributed by atoms with van der Waals surface area (Å²) in [5.41, 5.74) is 5.01. The molecule has 0 aromatic heterocycles. The van der Waals surface area contributed by atoms with E-state index >= 15 is 0 Å². The topological polar surface area (TPSA) is 35.6 Å². The maximum absolute atomic E-state index is 12.5. The Balaban J connectivity index is 1.42. The molecule has 1 heterocycles. The van der Waals surface area contributed by atoms with Crippen LogP contribution in [0.5, 0.6) is 0 Å². The molecule has 2 aromatic carbocycles. The van der Waals surface area contributed by atoms with Crippen LogP contribution in [0.2, 0.25) is 5.02 Å². The van der Waals surface area contributed by atoms with E-state index in [1.165, 1.54) is 16.8 Å². The average Bonchev–Trinajstić information content (AvgIpc) is 2.68. The number of nitrogens with one attached hydrogen (secondary N) is 1. The van der Waals surface area contributed by atoms with Gasteiger partial charge in [-0.25, -0.2) is 0 Å². The van der Waals surface area contributed by atoms with Gasteiger partial charge >= 0.3 is 0 Å². The highest BCUT2D eigenvalue weighted by Crippen LogP contribution is 2.24. The number of aryl methyl sites for hydroxylation is 1. The van der Waals surface area contributed by atoms with Crippen molar-refractivity contribution in [2.45, 2.75) is 26.8 Å². The second-order valence-electron chi connectivity index (χ2n) is 7.11. The third kappa shape index (κ3) is 5.02. The van der Waals surface area contributed by atoms with Crippen molar-refractivity contribution in [1.82, 2.24) is 10.2 Å². The molecule has 3 rings (SSSR count). The number of nitrogens with zero attached hydrogens (tertiary/aromatic N) is 2. The molecule has 1 aliphatic heterocycles. The fourth-order valence-electron chi connectivity index (χ4n) is 3.49. The van der Waals surface area contributed by atoms with E-state index in [1.807, 2.05) is 29.2 Å². The molecular weight excluding hydrogens is 358 g/mol. The maximum Gasteiger partial charge on any atom is 0.223 e. The van der Waals surface area contributed by atoms with Crippen LogP contribution in [-0.2, 0) is 11.3 Å². The first-order valence-electron chi connectivity index (χ1n) is 9.59. The van der Waals surface area contributed by atoms with E-state index in [0.29, 0.717) is 19.5 Å². The minimum Gasteiger partial charge on any atom is -0.368 e. The average molecular weight is 386 g/mol. The van der Waals surface area contributed by atoms with Gasteiger partial charge in [-0.05, 0) is 42.7 Å². The minimum absolute atomic E-state index is 0.224. The van der Waals surface area contributed by atoms with Gasteiger partial charge in [0.25, 0.3) is 0 Å². The second-order valence-corrected chi connectivity index (χ2v) is 7.51. The van der Waals surface area contributed by atoms with E-state index in [-0.39, 0.29) is 5.91 Å². The molecule has 1 N–H and O–H groups in total. The monoisotopic (exact) mass is 385 g/mol. The lowest BCUT2D eigenvalue weighted by Crippen LogP contribution is -2.49. The zero-order valence-electron chi connectivity index (χ0n) is 16.2. The van der Waals surface area contributed by atoms with Crippen LogP contribution in [0.4, 0.5) is 5.69 Å². The molecule has 5 heteroatoms. The maximum atomic E-state index is 12.5. The number of hydrogen-bond acceptors (Lipinski definition) is 3. The quantitative estimate of drug-likeness (QED) is 0.768. The molecule has 1 saturated heterocycles. The summed E-state index contributed by atoms with van der Waals surface area (Å²) in [6, 6.07) is 14.2. The highest BCUT2D eigenvalue weighted by molar-refractivity contribution is 6.31. The molecule has 4 nitrogen and oxygen atoms in total. The van der Waals surface area contributed by atoms with Gasteiger partial charge in [0, 0.05) is 56.4 Å². The van der Waals surface area contributed by atoms with Gasteiger partial charge in [0.2, 0.25) is 5.91 Å². The summed E-state index contributed by atoms with van der Waals surface area (Å²) < 4.78 is 0. The summed E-state index contributed by atoms with van der Waals surface area (Å²) in [6.45, 7) is 9.04. The molecule has 0 bridgehead atoms. The van der Waals surface area contributed by atoms with Crippen LogP contribution < -0.4 is 10.2 Å². The van der Waals surface area contributed by atoms with Gasteiger partial charge < -0.3 is 15.1 Å². The summed E-state index contributed by atoms with van der Waals surface area (Å²) >= 11 is 6.15. The van der Waals surface area contributed by atoms with Gasteiger partial charge in [-0.15, -0.1) is 0 Å². The Morgan fingerprint density at radius 2 is 1.78 bits per heavy atom. The predicted molar refractivity (Wildman–Crippen MR) is 112 cm³/mol. The first kappa shape index (κ1) is 19.7. The van der Waals surface area contributed by atoms with Gasteiger partial charge in [0.05, 0.1) is 0 Å². The van der Waals surface area contributed by atoms with Crippen molar-refractivity contribution in [3.63, 3.8) is 0 Å². The predicted octanol–water partition coefficient (Wildman–Crippen LogP) is 3.79. The zero-order chi connectivity index (χ0) is 19.2. The first-order valence-corrected chi connectivity index (χ1v) is 9.97. The number of hydrogen-bond donors (Lipinski definition) is 1.